The van der Waals surface area contributed by atoms with Gasteiger partial charge in [-0.15, -0.1) is 21.5 Å². The molecule has 2 aromatic heterocycles. The van der Waals surface area contributed by atoms with Crippen molar-refractivity contribution in [1.29, 1.82) is 0 Å². The standard InChI is InChI=1S/C22H23ClN4O3S2/c1-3-27-19(13-8-5-6-10-15(13)23)25-26-22(27)31-12-17(28)24-20-18(21(29)30-4-2)14-9-7-11-16(14)32-20/h5-6,8,10H,3-4,7,9,11-12H2,1-2H3,(H,24,28). The maximum atomic E-state index is 12.7. The van der Waals surface area contributed by atoms with Gasteiger partial charge in [-0.05, 0) is 50.8 Å². The molecule has 1 aliphatic rings. The van der Waals surface area contributed by atoms with Crippen molar-refractivity contribution < 1.29 is 14.3 Å². The molecule has 4 rings (SSSR count). The Labute approximate surface area is 199 Å². The van der Waals surface area contributed by atoms with Crippen LogP contribution in [0, 0.1) is 0 Å². The molecule has 2 heterocycles. The first kappa shape index (κ1) is 22.8. The fourth-order valence-corrected chi connectivity index (χ4v) is 6.04. The van der Waals surface area contributed by atoms with Crippen LogP contribution >= 0.6 is 34.7 Å². The third-order valence-corrected chi connectivity index (χ3v) is 7.64. The number of rotatable bonds is 8. The van der Waals surface area contributed by atoms with Crippen LogP contribution in [-0.4, -0.2) is 39.0 Å². The maximum Gasteiger partial charge on any atom is 0.341 e. The van der Waals surface area contributed by atoms with E-state index in [0.29, 0.717) is 39.7 Å². The van der Waals surface area contributed by atoms with E-state index < -0.39 is 0 Å². The van der Waals surface area contributed by atoms with E-state index in [2.05, 4.69) is 15.5 Å². The number of anilines is 1. The SMILES string of the molecule is CCOC(=O)c1c(NC(=O)CSc2nnc(-c3ccccc3Cl)n2CC)sc2c1CCC2. The number of esters is 1. The number of nitrogens with zero attached hydrogens (tertiary/aromatic N) is 3. The minimum Gasteiger partial charge on any atom is -0.462 e. The van der Waals surface area contributed by atoms with Crippen molar-refractivity contribution in [2.45, 2.75) is 44.8 Å². The number of thiophene rings is 1. The van der Waals surface area contributed by atoms with Crippen molar-refractivity contribution in [1.82, 2.24) is 14.8 Å². The minimum absolute atomic E-state index is 0.144. The quantitative estimate of drug-likeness (QED) is 0.350. The summed E-state index contributed by atoms with van der Waals surface area (Å²) in [7, 11) is 0. The lowest BCUT2D eigenvalue weighted by molar-refractivity contribution is -0.113. The Morgan fingerprint density at radius 2 is 2.06 bits per heavy atom. The van der Waals surface area contributed by atoms with E-state index in [1.807, 2.05) is 35.8 Å². The van der Waals surface area contributed by atoms with Crippen LogP contribution in [0.25, 0.3) is 11.4 Å². The lowest BCUT2D eigenvalue weighted by atomic mass is 10.1. The number of fused-ring (bicyclic) bond motifs is 1. The van der Waals surface area contributed by atoms with Crippen LogP contribution in [0.5, 0.6) is 0 Å². The van der Waals surface area contributed by atoms with Gasteiger partial charge < -0.3 is 14.6 Å². The molecule has 0 spiro atoms. The average molecular weight is 491 g/mol. The molecule has 0 bridgehead atoms. The van der Waals surface area contributed by atoms with Gasteiger partial charge in [0.25, 0.3) is 0 Å². The Morgan fingerprint density at radius 1 is 1.25 bits per heavy atom. The molecule has 1 amide bonds. The average Bonchev–Trinajstić information content (AvgIpc) is 3.46. The van der Waals surface area contributed by atoms with E-state index in [1.165, 1.54) is 23.1 Å². The van der Waals surface area contributed by atoms with E-state index in [0.717, 1.165) is 35.3 Å². The summed E-state index contributed by atoms with van der Waals surface area (Å²) in [5.41, 5.74) is 2.33. The number of carbonyl (C=O) groups excluding carboxylic acids is 2. The van der Waals surface area contributed by atoms with Crippen LogP contribution in [0.3, 0.4) is 0 Å². The van der Waals surface area contributed by atoms with Crippen LogP contribution in [0.1, 0.15) is 41.1 Å². The maximum absolute atomic E-state index is 12.7. The molecular weight excluding hydrogens is 468 g/mol. The first-order valence-corrected chi connectivity index (χ1v) is 12.6. The number of nitrogens with one attached hydrogen (secondary N) is 1. The number of ether oxygens (including phenoxy) is 1. The smallest absolute Gasteiger partial charge is 0.341 e. The normalized spacial score (nSPS) is 12.6. The van der Waals surface area contributed by atoms with Gasteiger partial charge in [-0.3, -0.25) is 4.79 Å². The highest BCUT2D eigenvalue weighted by Crippen LogP contribution is 2.39. The van der Waals surface area contributed by atoms with Crippen molar-refractivity contribution in [3.05, 3.63) is 45.3 Å². The van der Waals surface area contributed by atoms with Gasteiger partial charge in [0.1, 0.15) is 5.00 Å². The zero-order valence-electron chi connectivity index (χ0n) is 17.8. The molecule has 0 radical (unpaired) electrons. The largest absolute Gasteiger partial charge is 0.462 e. The van der Waals surface area contributed by atoms with Gasteiger partial charge in [-0.1, -0.05) is 35.5 Å². The number of amides is 1. The summed E-state index contributed by atoms with van der Waals surface area (Å²) in [5.74, 6) is 0.238. The molecule has 7 nitrogen and oxygen atoms in total. The molecule has 0 saturated carbocycles. The minimum atomic E-state index is -0.370. The molecular formula is C22H23ClN4O3S2. The van der Waals surface area contributed by atoms with Gasteiger partial charge >= 0.3 is 5.97 Å². The summed E-state index contributed by atoms with van der Waals surface area (Å²) in [5, 5.41) is 13.3. The molecule has 1 aromatic carbocycles. The third-order valence-electron chi connectivity index (χ3n) is 5.13. The summed E-state index contributed by atoms with van der Waals surface area (Å²) < 4.78 is 7.16. The van der Waals surface area contributed by atoms with Crippen molar-refractivity contribution in [3.63, 3.8) is 0 Å². The Morgan fingerprint density at radius 3 is 2.81 bits per heavy atom. The van der Waals surface area contributed by atoms with E-state index >= 15 is 0 Å². The van der Waals surface area contributed by atoms with Crippen LogP contribution in [-0.2, 0) is 28.9 Å². The molecule has 0 unspecified atom stereocenters. The molecule has 10 heteroatoms. The number of hydrogen-bond donors (Lipinski definition) is 1. The predicted octanol–water partition coefficient (Wildman–Crippen LogP) is 5.08. The first-order chi connectivity index (χ1) is 15.5. The van der Waals surface area contributed by atoms with Gasteiger partial charge in [-0.2, -0.15) is 0 Å². The molecule has 1 aliphatic carbocycles. The molecule has 32 heavy (non-hydrogen) atoms. The number of hydrogen-bond acceptors (Lipinski definition) is 7. The van der Waals surface area contributed by atoms with Gasteiger partial charge in [0.05, 0.1) is 22.9 Å². The van der Waals surface area contributed by atoms with Gasteiger partial charge in [0, 0.05) is 17.0 Å². The van der Waals surface area contributed by atoms with E-state index in [4.69, 9.17) is 16.3 Å². The molecule has 0 fully saturated rings. The van der Waals surface area contributed by atoms with Crippen LogP contribution in [0.2, 0.25) is 5.02 Å². The first-order valence-electron chi connectivity index (χ1n) is 10.5. The van der Waals surface area contributed by atoms with E-state index in [1.54, 1.807) is 6.92 Å². The highest BCUT2D eigenvalue weighted by atomic mass is 35.5. The Bertz CT molecular complexity index is 1160. The summed E-state index contributed by atoms with van der Waals surface area (Å²) in [6, 6.07) is 7.47. The highest BCUT2D eigenvalue weighted by molar-refractivity contribution is 7.99. The van der Waals surface area contributed by atoms with Gasteiger partial charge in [-0.25, -0.2) is 4.79 Å². The molecule has 3 aromatic rings. The van der Waals surface area contributed by atoms with E-state index in [-0.39, 0.29) is 17.6 Å². The van der Waals surface area contributed by atoms with Crippen LogP contribution < -0.4 is 5.32 Å². The summed E-state index contributed by atoms with van der Waals surface area (Å²) in [4.78, 5) is 26.4. The summed E-state index contributed by atoms with van der Waals surface area (Å²) in [6.07, 6.45) is 2.80. The monoisotopic (exact) mass is 490 g/mol. The van der Waals surface area contributed by atoms with Crippen LogP contribution in [0.15, 0.2) is 29.4 Å². The number of aryl methyl sites for hydroxylation is 1. The number of aromatic nitrogens is 3. The van der Waals surface area contributed by atoms with Crippen molar-refractivity contribution in [2.24, 2.45) is 0 Å². The molecule has 168 valence electrons. The second-order valence-electron chi connectivity index (χ2n) is 7.15. The van der Waals surface area contributed by atoms with Crippen LogP contribution in [0.4, 0.5) is 5.00 Å². The Hall–Kier alpha value is -2.36. The molecule has 0 aliphatic heterocycles. The zero-order valence-corrected chi connectivity index (χ0v) is 20.2. The summed E-state index contributed by atoms with van der Waals surface area (Å²) in [6.45, 7) is 4.71. The zero-order chi connectivity index (χ0) is 22.7. The lowest BCUT2D eigenvalue weighted by Crippen LogP contribution is -2.17. The fourth-order valence-electron chi connectivity index (χ4n) is 3.73. The molecule has 1 N–H and O–H groups in total. The molecule has 0 saturated heterocycles. The van der Waals surface area contributed by atoms with Crippen molar-refractivity contribution in [3.8, 4) is 11.4 Å². The van der Waals surface area contributed by atoms with E-state index in [9.17, 15) is 9.59 Å². The van der Waals surface area contributed by atoms with Gasteiger partial charge in [0.2, 0.25) is 5.91 Å². The number of thioether (sulfide) groups is 1. The summed E-state index contributed by atoms with van der Waals surface area (Å²) >= 11 is 9.09. The van der Waals surface area contributed by atoms with Crippen molar-refractivity contribution in [2.75, 3.05) is 17.7 Å². The Kier molecular flexibility index (Phi) is 7.17. The molecule has 0 atom stereocenters. The topological polar surface area (TPSA) is 86.1 Å². The van der Waals surface area contributed by atoms with Gasteiger partial charge in [0.15, 0.2) is 11.0 Å². The Balaban J connectivity index is 1.48. The fraction of sp³-hybridized carbons (Fsp3) is 0.364. The number of benzene rings is 1. The number of halogens is 1. The lowest BCUT2D eigenvalue weighted by Gasteiger charge is -2.09. The van der Waals surface area contributed by atoms with Crippen molar-refractivity contribution >= 4 is 51.6 Å². The number of carbonyl (C=O) groups is 2. The third kappa shape index (κ3) is 4.55. The predicted molar refractivity (Wildman–Crippen MR) is 128 cm³/mol. The second-order valence-corrected chi connectivity index (χ2v) is 9.60. The highest BCUT2D eigenvalue weighted by Gasteiger charge is 2.28. The second kappa shape index (κ2) is 10.1.